The van der Waals surface area contributed by atoms with Crippen molar-refractivity contribution < 1.29 is 4.79 Å². The van der Waals surface area contributed by atoms with Gasteiger partial charge in [-0.2, -0.15) is 0 Å². The van der Waals surface area contributed by atoms with Gasteiger partial charge in [0.1, 0.15) is 0 Å². The fourth-order valence-corrected chi connectivity index (χ4v) is 3.66. The molecular weight excluding hydrogens is 296 g/mol. The van der Waals surface area contributed by atoms with Crippen LogP contribution in [0.5, 0.6) is 0 Å². The standard InChI is InChI=1S/C18H23ClN2O/c19-17-8-2-1-5-14(17)6-3-10-20-18(22)16-9-12-21-11-4-7-15(16)13-21/h1-2,5,8-9,15H,3-4,6-7,10-13H2,(H,20,22). The number of hydrogen-bond donors (Lipinski definition) is 1. The van der Waals surface area contributed by atoms with Crippen LogP contribution in [0.25, 0.3) is 0 Å². The van der Waals surface area contributed by atoms with Crippen molar-refractivity contribution in [3.63, 3.8) is 0 Å². The Morgan fingerprint density at radius 3 is 3.09 bits per heavy atom. The molecule has 1 N–H and O–H groups in total. The van der Waals surface area contributed by atoms with E-state index >= 15 is 0 Å². The molecule has 22 heavy (non-hydrogen) atoms. The molecule has 1 aromatic rings. The maximum Gasteiger partial charge on any atom is 0.247 e. The lowest BCUT2D eigenvalue weighted by Gasteiger charge is -2.36. The summed E-state index contributed by atoms with van der Waals surface area (Å²) in [6.45, 7) is 3.87. The second-order valence-corrected chi connectivity index (χ2v) is 6.62. The summed E-state index contributed by atoms with van der Waals surface area (Å²) < 4.78 is 0. The van der Waals surface area contributed by atoms with Crippen LogP contribution < -0.4 is 5.32 Å². The summed E-state index contributed by atoms with van der Waals surface area (Å²) >= 11 is 6.14. The Bertz CT molecular complexity index is 570. The summed E-state index contributed by atoms with van der Waals surface area (Å²) in [6, 6.07) is 7.90. The van der Waals surface area contributed by atoms with Crippen molar-refractivity contribution in [1.82, 2.24) is 10.2 Å². The van der Waals surface area contributed by atoms with Crippen LogP contribution in [-0.4, -0.2) is 37.0 Å². The van der Waals surface area contributed by atoms with E-state index in [1.165, 1.54) is 13.0 Å². The molecule has 2 heterocycles. The van der Waals surface area contributed by atoms with Crippen LogP contribution in [-0.2, 0) is 11.2 Å². The number of hydrogen-bond acceptors (Lipinski definition) is 2. The predicted octanol–water partition coefficient (Wildman–Crippen LogP) is 3.04. The molecule has 2 atom stereocenters. The zero-order chi connectivity index (χ0) is 15.4. The van der Waals surface area contributed by atoms with Crippen molar-refractivity contribution in [2.45, 2.75) is 25.7 Å². The van der Waals surface area contributed by atoms with E-state index in [0.29, 0.717) is 12.5 Å². The number of piperidine rings is 1. The van der Waals surface area contributed by atoms with E-state index in [9.17, 15) is 4.79 Å². The molecule has 0 aliphatic carbocycles. The molecule has 0 aromatic heterocycles. The highest BCUT2D eigenvalue weighted by Crippen LogP contribution is 2.27. The molecule has 0 radical (unpaired) electrons. The lowest BCUT2D eigenvalue weighted by molar-refractivity contribution is -0.118. The molecule has 1 fully saturated rings. The van der Waals surface area contributed by atoms with Crippen LogP contribution in [0.1, 0.15) is 24.8 Å². The average Bonchev–Trinajstić information content (AvgIpc) is 2.53. The van der Waals surface area contributed by atoms with Gasteiger partial charge in [0, 0.05) is 36.1 Å². The van der Waals surface area contributed by atoms with Crippen LogP contribution in [0, 0.1) is 5.92 Å². The number of nitrogens with zero attached hydrogens (tertiary/aromatic N) is 1. The molecule has 3 nitrogen and oxygen atoms in total. The van der Waals surface area contributed by atoms with E-state index in [1.54, 1.807) is 0 Å². The number of carbonyl (C=O) groups is 1. The third-order valence-electron chi connectivity index (χ3n) is 4.64. The Labute approximate surface area is 137 Å². The summed E-state index contributed by atoms with van der Waals surface area (Å²) in [7, 11) is 0. The van der Waals surface area contributed by atoms with E-state index in [-0.39, 0.29) is 5.91 Å². The second-order valence-electron chi connectivity index (χ2n) is 6.21. The van der Waals surface area contributed by atoms with Gasteiger partial charge in [-0.05, 0) is 43.9 Å². The van der Waals surface area contributed by atoms with Crippen LogP contribution in [0.15, 0.2) is 35.9 Å². The first-order valence-electron chi connectivity index (χ1n) is 8.18. The van der Waals surface area contributed by atoms with E-state index in [2.05, 4.69) is 16.3 Å². The second kappa shape index (κ2) is 7.30. The van der Waals surface area contributed by atoms with Crippen LogP contribution in [0.3, 0.4) is 0 Å². The minimum atomic E-state index is 0.130. The van der Waals surface area contributed by atoms with Crippen molar-refractivity contribution in [2.75, 3.05) is 26.2 Å². The van der Waals surface area contributed by atoms with Crippen molar-refractivity contribution >= 4 is 17.5 Å². The number of benzene rings is 1. The van der Waals surface area contributed by atoms with Crippen LogP contribution in [0.4, 0.5) is 0 Å². The summed E-state index contributed by atoms with van der Waals surface area (Å²) in [6.07, 6.45) is 6.30. The molecule has 2 aliphatic rings. The first-order chi connectivity index (χ1) is 10.7. The number of amides is 1. The van der Waals surface area contributed by atoms with Gasteiger partial charge in [-0.25, -0.2) is 0 Å². The minimum Gasteiger partial charge on any atom is -0.352 e. The lowest BCUT2D eigenvalue weighted by atomic mass is 9.86. The van der Waals surface area contributed by atoms with Crippen molar-refractivity contribution in [2.24, 2.45) is 5.92 Å². The number of rotatable bonds is 5. The molecule has 1 saturated heterocycles. The molecule has 3 rings (SSSR count). The fourth-order valence-electron chi connectivity index (χ4n) is 3.43. The van der Waals surface area contributed by atoms with Crippen LogP contribution >= 0.6 is 11.6 Å². The number of aryl methyl sites for hydroxylation is 1. The number of halogens is 1. The van der Waals surface area contributed by atoms with Gasteiger partial charge in [-0.3, -0.25) is 9.69 Å². The van der Waals surface area contributed by atoms with E-state index in [1.807, 2.05) is 24.3 Å². The molecular formula is C18H23ClN2O. The molecule has 0 saturated carbocycles. The third kappa shape index (κ3) is 3.71. The molecule has 1 amide bonds. The maximum absolute atomic E-state index is 12.4. The molecule has 2 bridgehead atoms. The predicted molar refractivity (Wildman–Crippen MR) is 90.0 cm³/mol. The SMILES string of the molecule is O=C(NCCCc1ccccc1Cl)C1=CCN2CCCC1C2. The quantitative estimate of drug-likeness (QED) is 0.846. The fraction of sp³-hybridized carbons (Fsp3) is 0.500. The van der Waals surface area contributed by atoms with Crippen molar-refractivity contribution in [3.8, 4) is 0 Å². The highest BCUT2D eigenvalue weighted by molar-refractivity contribution is 6.31. The highest BCUT2D eigenvalue weighted by atomic mass is 35.5. The van der Waals surface area contributed by atoms with Gasteiger partial charge in [0.05, 0.1) is 0 Å². The molecule has 1 aromatic carbocycles. The van der Waals surface area contributed by atoms with Gasteiger partial charge in [0.25, 0.3) is 0 Å². The third-order valence-corrected chi connectivity index (χ3v) is 5.01. The molecule has 2 aliphatic heterocycles. The first kappa shape index (κ1) is 15.6. The van der Waals surface area contributed by atoms with Gasteiger partial charge in [-0.1, -0.05) is 35.9 Å². The van der Waals surface area contributed by atoms with Crippen molar-refractivity contribution in [1.29, 1.82) is 0 Å². The normalized spacial score (nSPS) is 23.8. The van der Waals surface area contributed by atoms with Crippen LogP contribution in [0.2, 0.25) is 5.02 Å². The minimum absolute atomic E-state index is 0.130. The smallest absolute Gasteiger partial charge is 0.247 e. The molecule has 4 heteroatoms. The Morgan fingerprint density at radius 1 is 1.36 bits per heavy atom. The lowest BCUT2D eigenvalue weighted by Crippen LogP contribution is -2.43. The average molecular weight is 319 g/mol. The Morgan fingerprint density at radius 2 is 2.23 bits per heavy atom. The Hall–Kier alpha value is -1.32. The van der Waals surface area contributed by atoms with Gasteiger partial charge in [0.2, 0.25) is 5.91 Å². The zero-order valence-corrected chi connectivity index (χ0v) is 13.6. The number of carbonyl (C=O) groups excluding carboxylic acids is 1. The largest absolute Gasteiger partial charge is 0.352 e. The monoisotopic (exact) mass is 318 g/mol. The maximum atomic E-state index is 12.4. The summed E-state index contributed by atoms with van der Waals surface area (Å²) in [4.78, 5) is 14.8. The number of fused-ring (bicyclic) bond motifs is 2. The Kier molecular flexibility index (Phi) is 5.16. The van der Waals surface area contributed by atoms with Gasteiger partial charge < -0.3 is 5.32 Å². The van der Waals surface area contributed by atoms with E-state index < -0.39 is 0 Å². The molecule has 118 valence electrons. The summed E-state index contributed by atoms with van der Waals surface area (Å²) in [5.74, 6) is 0.566. The summed E-state index contributed by atoms with van der Waals surface area (Å²) in [5, 5.41) is 3.89. The van der Waals surface area contributed by atoms with Gasteiger partial charge in [0.15, 0.2) is 0 Å². The first-order valence-corrected chi connectivity index (χ1v) is 8.56. The summed E-state index contributed by atoms with van der Waals surface area (Å²) in [5.41, 5.74) is 2.16. The molecule has 0 spiro atoms. The van der Waals surface area contributed by atoms with Crippen molar-refractivity contribution in [3.05, 3.63) is 46.5 Å². The van der Waals surface area contributed by atoms with E-state index in [0.717, 1.165) is 48.5 Å². The zero-order valence-electron chi connectivity index (χ0n) is 12.9. The molecule has 2 unspecified atom stereocenters. The number of nitrogens with one attached hydrogen (secondary N) is 1. The van der Waals surface area contributed by atoms with Gasteiger partial charge >= 0.3 is 0 Å². The topological polar surface area (TPSA) is 32.3 Å². The van der Waals surface area contributed by atoms with E-state index in [4.69, 9.17) is 11.6 Å². The van der Waals surface area contributed by atoms with Gasteiger partial charge in [-0.15, -0.1) is 0 Å². The Balaban J connectivity index is 1.46. The highest BCUT2D eigenvalue weighted by Gasteiger charge is 2.29.